The van der Waals surface area contributed by atoms with E-state index in [4.69, 9.17) is 0 Å². The van der Waals surface area contributed by atoms with Crippen molar-refractivity contribution in [1.82, 2.24) is 14.3 Å². The smallest absolute Gasteiger partial charge is 0.274 e. The zero-order chi connectivity index (χ0) is 15.5. The lowest BCUT2D eigenvalue weighted by molar-refractivity contribution is 0.0759. The molecule has 1 N–H and O–H groups in total. The van der Waals surface area contributed by atoms with Crippen LogP contribution in [0, 0.1) is 5.41 Å². The summed E-state index contributed by atoms with van der Waals surface area (Å²) >= 11 is 0. The number of pyridine rings is 1. The van der Waals surface area contributed by atoms with Crippen LogP contribution in [0.25, 0.3) is 5.52 Å². The molecule has 5 nitrogen and oxygen atoms in total. The van der Waals surface area contributed by atoms with Crippen LogP contribution >= 0.6 is 0 Å². The SMILES string of the molecule is CC1(C)CN(C(=O)c2nc(C3CC3)n3ccccc23)CC1O. The van der Waals surface area contributed by atoms with Crippen molar-refractivity contribution in [3.63, 3.8) is 0 Å². The zero-order valence-corrected chi connectivity index (χ0v) is 13.0. The Morgan fingerprint density at radius 2 is 2.14 bits per heavy atom. The van der Waals surface area contributed by atoms with E-state index in [9.17, 15) is 9.90 Å². The van der Waals surface area contributed by atoms with E-state index in [0.717, 1.165) is 24.2 Å². The lowest BCUT2D eigenvalue weighted by atomic mass is 9.90. The molecule has 4 rings (SSSR count). The molecule has 0 aromatic carbocycles. The molecule has 0 radical (unpaired) electrons. The van der Waals surface area contributed by atoms with Crippen molar-refractivity contribution in [3.8, 4) is 0 Å². The molecule has 1 unspecified atom stereocenters. The van der Waals surface area contributed by atoms with Crippen LogP contribution in [-0.4, -0.2) is 44.5 Å². The van der Waals surface area contributed by atoms with Gasteiger partial charge in [0.2, 0.25) is 0 Å². The second-order valence-corrected chi connectivity index (χ2v) is 7.24. The molecule has 5 heteroatoms. The van der Waals surface area contributed by atoms with Crippen molar-refractivity contribution in [2.45, 2.75) is 38.7 Å². The third kappa shape index (κ3) is 2.03. The van der Waals surface area contributed by atoms with Crippen molar-refractivity contribution >= 4 is 11.4 Å². The number of aliphatic hydroxyl groups excluding tert-OH is 1. The van der Waals surface area contributed by atoms with Crippen molar-refractivity contribution in [3.05, 3.63) is 35.9 Å². The van der Waals surface area contributed by atoms with Gasteiger partial charge in [0.1, 0.15) is 5.82 Å². The Labute approximate surface area is 129 Å². The average molecular weight is 299 g/mol. The van der Waals surface area contributed by atoms with E-state index in [1.54, 1.807) is 4.90 Å². The highest BCUT2D eigenvalue weighted by Gasteiger charge is 2.41. The first-order valence-corrected chi connectivity index (χ1v) is 7.92. The minimum Gasteiger partial charge on any atom is -0.391 e. The minimum absolute atomic E-state index is 0.0692. The molecule has 116 valence electrons. The van der Waals surface area contributed by atoms with Crippen LogP contribution in [0.5, 0.6) is 0 Å². The van der Waals surface area contributed by atoms with Crippen molar-refractivity contribution in [2.24, 2.45) is 5.41 Å². The quantitative estimate of drug-likeness (QED) is 0.923. The van der Waals surface area contributed by atoms with Gasteiger partial charge < -0.3 is 14.4 Å². The molecule has 0 bridgehead atoms. The van der Waals surface area contributed by atoms with Crippen LogP contribution in [0.15, 0.2) is 24.4 Å². The maximum Gasteiger partial charge on any atom is 0.274 e. The molecule has 1 saturated carbocycles. The van der Waals surface area contributed by atoms with Gasteiger partial charge in [-0.1, -0.05) is 19.9 Å². The van der Waals surface area contributed by atoms with Gasteiger partial charge in [0.15, 0.2) is 5.69 Å². The van der Waals surface area contributed by atoms with E-state index in [-0.39, 0.29) is 11.3 Å². The summed E-state index contributed by atoms with van der Waals surface area (Å²) in [6, 6.07) is 5.86. The Balaban J connectivity index is 1.74. The number of hydrogen-bond acceptors (Lipinski definition) is 3. The fourth-order valence-electron chi connectivity index (χ4n) is 3.27. The Hall–Kier alpha value is -1.88. The highest BCUT2D eigenvalue weighted by molar-refractivity contribution is 5.99. The molecule has 0 spiro atoms. The summed E-state index contributed by atoms with van der Waals surface area (Å²) < 4.78 is 2.04. The van der Waals surface area contributed by atoms with Crippen LogP contribution in [0.3, 0.4) is 0 Å². The molecule has 2 aromatic heterocycles. The number of nitrogens with zero attached hydrogens (tertiary/aromatic N) is 3. The number of aromatic nitrogens is 2. The van der Waals surface area contributed by atoms with Gasteiger partial charge in [-0.3, -0.25) is 4.79 Å². The summed E-state index contributed by atoms with van der Waals surface area (Å²) in [6.45, 7) is 4.94. The molecule has 1 aliphatic heterocycles. The van der Waals surface area contributed by atoms with E-state index >= 15 is 0 Å². The second-order valence-electron chi connectivity index (χ2n) is 7.24. The van der Waals surface area contributed by atoms with Crippen molar-refractivity contribution in [1.29, 1.82) is 0 Å². The van der Waals surface area contributed by atoms with Crippen molar-refractivity contribution < 1.29 is 9.90 Å². The average Bonchev–Trinajstić information content (AvgIpc) is 3.20. The Kier molecular flexibility index (Phi) is 2.85. The summed E-state index contributed by atoms with van der Waals surface area (Å²) in [5.74, 6) is 1.41. The molecule has 22 heavy (non-hydrogen) atoms. The number of amides is 1. The molecule has 1 atom stereocenters. The predicted octanol–water partition coefficient (Wildman–Crippen LogP) is 2.05. The number of carbonyl (C=O) groups excluding carboxylic acids is 1. The summed E-state index contributed by atoms with van der Waals surface area (Å²) in [6.07, 6.45) is 3.80. The van der Waals surface area contributed by atoms with Gasteiger partial charge >= 0.3 is 0 Å². The van der Waals surface area contributed by atoms with E-state index in [2.05, 4.69) is 4.98 Å². The number of rotatable bonds is 2. The van der Waals surface area contributed by atoms with Gasteiger partial charge in [0, 0.05) is 30.6 Å². The van der Waals surface area contributed by atoms with E-state index < -0.39 is 6.10 Å². The number of carbonyl (C=O) groups is 1. The fraction of sp³-hybridized carbons (Fsp3) is 0.529. The molecular weight excluding hydrogens is 278 g/mol. The van der Waals surface area contributed by atoms with E-state index in [0.29, 0.717) is 24.7 Å². The lowest BCUT2D eigenvalue weighted by Gasteiger charge is -2.20. The lowest BCUT2D eigenvalue weighted by Crippen LogP contribution is -2.30. The van der Waals surface area contributed by atoms with Crippen molar-refractivity contribution in [2.75, 3.05) is 13.1 Å². The van der Waals surface area contributed by atoms with Crippen LogP contribution in [0.2, 0.25) is 0 Å². The van der Waals surface area contributed by atoms with Crippen LogP contribution in [-0.2, 0) is 0 Å². The standard InChI is InChI=1S/C17H21N3O2/c1-17(2)10-19(9-13(17)21)16(22)14-12-5-3-4-8-20(12)15(18-14)11-6-7-11/h3-5,8,11,13,21H,6-7,9-10H2,1-2H3. The number of aliphatic hydroxyl groups is 1. The van der Waals surface area contributed by atoms with Gasteiger partial charge in [0.05, 0.1) is 11.6 Å². The summed E-state index contributed by atoms with van der Waals surface area (Å²) in [4.78, 5) is 19.3. The first-order valence-electron chi connectivity index (χ1n) is 7.92. The maximum absolute atomic E-state index is 12.9. The molecule has 1 amide bonds. The largest absolute Gasteiger partial charge is 0.391 e. The van der Waals surface area contributed by atoms with Gasteiger partial charge in [-0.25, -0.2) is 4.98 Å². The number of likely N-dealkylation sites (tertiary alicyclic amines) is 1. The first-order chi connectivity index (χ1) is 10.5. The Morgan fingerprint density at radius 3 is 2.77 bits per heavy atom. The molecule has 2 aliphatic rings. The van der Waals surface area contributed by atoms with Gasteiger partial charge in [-0.05, 0) is 25.0 Å². The van der Waals surface area contributed by atoms with Crippen LogP contribution < -0.4 is 0 Å². The zero-order valence-electron chi connectivity index (χ0n) is 13.0. The predicted molar refractivity (Wildman–Crippen MR) is 82.9 cm³/mol. The van der Waals surface area contributed by atoms with E-state index in [1.165, 1.54) is 0 Å². The minimum atomic E-state index is -0.478. The highest BCUT2D eigenvalue weighted by Crippen LogP contribution is 2.40. The molecular formula is C17H21N3O2. The van der Waals surface area contributed by atoms with Gasteiger partial charge in [0.25, 0.3) is 5.91 Å². The summed E-state index contributed by atoms with van der Waals surface area (Å²) in [5.41, 5.74) is 1.13. The topological polar surface area (TPSA) is 57.8 Å². The molecule has 1 saturated heterocycles. The second kappa shape index (κ2) is 4.56. The normalized spacial score (nSPS) is 24.1. The third-order valence-electron chi connectivity index (χ3n) is 4.90. The molecule has 2 fully saturated rings. The first kappa shape index (κ1) is 13.8. The Bertz CT molecular complexity index is 745. The highest BCUT2D eigenvalue weighted by atomic mass is 16.3. The van der Waals surface area contributed by atoms with E-state index in [1.807, 2.05) is 42.6 Å². The summed E-state index contributed by atoms with van der Waals surface area (Å²) in [5, 5.41) is 10.1. The van der Waals surface area contributed by atoms with Crippen LogP contribution in [0.4, 0.5) is 0 Å². The Morgan fingerprint density at radius 1 is 1.36 bits per heavy atom. The number of β-amino-alcohol motifs (C(OH)–C–C–N with tert-alkyl or cyclic N) is 1. The van der Waals surface area contributed by atoms with Gasteiger partial charge in [-0.2, -0.15) is 0 Å². The number of hydrogen-bond donors (Lipinski definition) is 1. The molecule has 2 aromatic rings. The molecule has 3 heterocycles. The van der Waals surface area contributed by atoms with Gasteiger partial charge in [-0.15, -0.1) is 0 Å². The third-order valence-corrected chi connectivity index (χ3v) is 4.90. The number of imidazole rings is 1. The maximum atomic E-state index is 12.9. The number of fused-ring (bicyclic) bond motifs is 1. The monoisotopic (exact) mass is 299 g/mol. The van der Waals surface area contributed by atoms with Crippen LogP contribution in [0.1, 0.15) is 48.9 Å². The summed E-state index contributed by atoms with van der Waals surface area (Å²) in [7, 11) is 0. The molecule has 1 aliphatic carbocycles. The fourth-order valence-corrected chi connectivity index (χ4v) is 3.27.